The Morgan fingerprint density at radius 1 is 1.33 bits per heavy atom. The number of carbonyl (C=O) groups is 3. The fourth-order valence-electron chi connectivity index (χ4n) is 2.67. The van der Waals surface area contributed by atoms with Crippen molar-refractivity contribution in [3.63, 3.8) is 0 Å². The highest BCUT2D eigenvalue weighted by Crippen LogP contribution is 2.15. The van der Waals surface area contributed by atoms with Crippen LogP contribution in [0.1, 0.15) is 48.5 Å². The fraction of sp³-hybridized carbons (Fsp3) is 0.500. The third-order valence-electron chi connectivity index (χ3n) is 3.88. The Bertz CT molecular complexity index is 600. The van der Waals surface area contributed by atoms with E-state index in [9.17, 15) is 14.4 Å². The molecule has 0 spiro atoms. The number of likely N-dealkylation sites (tertiary alicyclic amines) is 1. The zero-order chi connectivity index (χ0) is 17.4. The Kier molecular flexibility index (Phi) is 6.78. The topological polar surface area (TPSA) is 75.7 Å². The van der Waals surface area contributed by atoms with E-state index in [0.717, 1.165) is 18.5 Å². The lowest BCUT2D eigenvalue weighted by atomic mass is 10.1. The monoisotopic (exact) mass is 332 g/mol. The van der Waals surface area contributed by atoms with Gasteiger partial charge in [-0.15, -0.1) is 0 Å². The Morgan fingerprint density at radius 2 is 2.17 bits per heavy atom. The van der Waals surface area contributed by atoms with Gasteiger partial charge in [-0.1, -0.05) is 12.1 Å². The Hall–Kier alpha value is -2.37. The van der Waals surface area contributed by atoms with Crippen LogP contribution < -0.4 is 5.32 Å². The van der Waals surface area contributed by atoms with Gasteiger partial charge in [0.05, 0.1) is 6.61 Å². The minimum atomic E-state index is -0.246. The molecule has 0 bridgehead atoms. The lowest BCUT2D eigenvalue weighted by Gasteiger charge is -2.16. The van der Waals surface area contributed by atoms with Gasteiger partial charge in [0.15, 0.2) is 0 Å². The van der Waals surface area contributed by atoms with Crippen LogP contribution in [0.4, 0.5) is 0 Å². The van der Waals surface area contributed by atoms with Crippen LogP contribution in [0.25, 0.3) is 0 Å². The highest BCUT2D eigenvalue weighted by Gasteiger charge is 2.20. The summed E-state index contributed by atoms with van der Waals surface area (Å²) in [4.78, 5) is 36.9. The number of benzene rings is 1. The second-order valence-electron chi connectivity index (χ2n) is 5.78. The van der Waals surface area contributed by atoms with Gasteiger partial charge in [-0.2, -0.15) is 0 Å². The average molecular weight is 332 g/mol. The molecule has 1 N–H and O–H groups in total. The number of amides is 2. The zero-order valence-corrected chi connectivity index (χ0v) is 14.0. The number of carbonyl (C=O) groups excluding carboxylic acids is 3. The molecule has 24 heavy (non-hydrogen) atoms. The van der Waals surface area contributed by atoms with E-state index in [-0.39, 0.29) is 17.8 Å². The average Bonchev–Trinajstić information content (AvgIpc) is 2.97. The maximum Gasteiger partial charge on any atom is 0.305 e. The molecule has 0 unspecified atom stereocenters. The van der Waals surface area contributed by atoms with E-state index in [1.807, 2.05) is 23.1 Å². The second kappa shape index (κ2) is 9.05. The van der Waals surface area contributed by atoms with Crippen LogP contribution in [0, 0.1) is 0 Å². The van der Waals surface area contributed by atoms with E-state index in [1.54, 1.807) is 13.0 Å². The maximum atomic E-state index is 12.2. The summed E-state index contributed by atoms with van der Waals surface area (Å²) in [5, 5.41) is 2.80. The molecule has 1 aromatic carbocycles. The number of hydrogen-bond donors (Lipinski definition) is 1. The molecule has 130 valence electrons. The van der Waals surface area contributed by atoms with E-state index in [4.69, 9.17) is 4.74 Å². The smallest absolute Gasteiger partial charge is 0.305 e. The normalized spacial score (nSPS) is 13.9. The van der Waals surface area contributed by atoms with Gasteiger partial charge in [0, 0.05) is 38.0 Å². The van der Waals surface area contributed by atoms with Crippen molar-refractivity contribution in [1.29, 1.82) is 0 Å². The zero-order valence-electron chi connectivity index (χ0n) is 14.0. The first-order valence-electron chi connectivity index (χ1n) is 8.40. The van der Waals surface area contributed by atoms with Crippen LogP contribution in [0.2, 0.25) is 0 Å². The van der Waals surface area contributed by atoms with Crippen LogP contribution >= 0.6 is 0 Å². The molecule has 0 aliphatic carbocycles. The summed E-state index contributed by atoms with van der Waals surface area (Å²) in [6.45, 7) is 3.89. The van der Waals surface area contributed by atoms with E-state index < -0.39 is 0 Å². The Labute approximate surface area is 142 Å². The van der Waals surface area contributed by atoms with E-state index in [0.29, 0.717) is 44.5 Å². The van der Waals surface area contributed by atoms with Crippen molar-refractivity contribution < 1.29 is 19.1 Å². The maximum absolute atomic E-state index is 12.2. The summed E-state index contributed by atoms with van der Waals surface area (Å²) in [5.41, 5.74) is 1.51. The SMILES string of the molecule is CCOC(=O)CCCNC(=O)c1cccc(CN2CCCC2=O)c1. The molecule has 1 heterocycles. The van der Waals surface area contributed by atoms with Crippen molar-refractivity contribution in [3.05, 3.63) is 35.4 Å². The number of nitrogens with one attached hydrogen (secondary N) is 1. The van der Waals surface area contributed by atoms with Crippen LogP contribution in [0.15, 0.2) is 24.3 Å². The second-order valence-corrected chi connectivity index (χ2v) is 5.78. The molecule has 6 heteroatoms. The van der Waals surface area contributed by atoms with Gasteiger partial charge in [-0.25, -0.2) is 0 Å². The minimum Gasteiger partial charge on any atom is -0.466 e. The molecule has 1 saturated heterocycles. The van der Waals surface area contributed by atoms with Crippen molar-refractivity contribution in [2.24, 2.45) is 0 Å². The third kappa shape index (κ3) is 5.37. The minimum absolute atomic E-state index is 0.170. The number of rotatable bonds is 8. The van der Waals surface area contributed by atoms with Crippen molar-refractivity contribution in [3.8, 4) is 0 Å². The van der Waals surface area contributed by atoms with E-state index in [1.165, 1.54) is 0 Å². The van der Waals surface area contributed by atoms with Gasteiger partial charge < -0.3 is 15.0 Å². The number of nitrogens with zero attached hydrogens (tertiary/aromatic N) is 1. The fourth-order valence-corrected chi connectivity index (χ4v) is 2.67. The Morgan fingerprint density at radius 3 is 2.88 bits per heavy atom. The van der Waals surface area contributed by atoms with Gasteiger partial charge in [-0.3, -0.25) is 14.4 Å². The standard InChI is InChI=1S/C18H24N2O4/c1-2-24-17(22)9-4-10-19-18(23)15-7-3-6-14(12-15)13-20-11-5-8-16(20)21/h3,6-7,12H,2,4-5,8-11,13H2,1H3,(H,19,23). The van der Waals surface area contributed by atoms with Gasteiger partial charge in [0.25, 0.3) is 5.91 Å². The molecular formula is C18H24N2O4. The molecule has 0 saturated carbocycles. The van der Waals surface area contributed by atoms with Crippen molar-refractivity contribution in [2.45, 2.75) is 39.2 Å². The molecule has 1 aliphatic rings. The van der Waals surface area contributed by atoms with Gasteiger partial charge in [0.2, 0.25) is 5.91 Å². The lowest BCUT2D eigenvalue weighted by Crippen LogP contribution is -2.26. The molecule has 0 atom stereocenters. The quantitative estimate of drug-likeness (QED) is 0.582. The van der Waals surface area contributed by atoms with Crippen LogP contribution in [-0.4, -0.2) is 42.4 Å². The summed E-state index contributed by atoms with van der Waals surface area (Å²) in [5.74, 6) is -0.249. The predicted octanol–water partition coefficient (Wildman–Crippen LogP) is 1.88. The molecular weight excluding hydrogens is 308 g/mol. The Balaban J connectivity index is 1.80. The lowest BCUT2D eigenvalue weighted by molar-refractivity contribution is -0.143. The summed E-state index contributed by atoms with van der Waals surface area (Å²) >= 11 is 0. The van der Waals surface area contributed by atoms with E-state index in [2.05, 4.69) is 5.32 Å². The summed E-state index contributed by atoms with van der Waals surface area (Å²) in [7, 11) is 0. The number of ether oxygens (including phenoxy) is 1. The number of hydrogen-bond acceptors (Lipinski definition) is 4. The largest absolute Gasteiger partial charge is 0.466 e. The predicted molar refractivity (Wildman–Crippen MR) is 89.3 cm³/mol. The van der Waals surface area contributed by atoms with Crippen molar-refractivity contribution >= 4 is 17.8 Å². The third-order valence-corrected chi connectivity index (χ3v) is 3.88. The molecule has 1 aliphatic heterocycles. The molecule has 0 radical (unpaired) electrons. The van der Waals surface area contributed by atoms with E-state index >= 15 is 0 Å². The molecule has 2 amide bonds. The van der Waals surface area contributed by atoms with Gasteiger partial charge in [0.1, 0.15) is 0 Å². The summed E-state index contributed by atoms with van der Waals surface area (Å²) in [6.07, 6.45) is 2.36. The molecule has 1 fully saturated rings. The highest BCUT2D eigenvalue weighted by atomic mass is 16.5. The van der Waals surface area contributed by atoms with Crippen LogP contribution in [0.5, 0.6) is 0 Å². The van der Waals surface area contributed by atoms with Crippen LogP contribution in [0.3, 0.4) is 0 Å². The van der Waals surface area contributed by atoms with Crippen LogP contribution in [-0.2, 0) is 20.9 Å². The molecule has 2 rings (SSSR count). The first-order valence-corrected chi connectivity index (χ1v) is 8.40. The summed E-state index contributed by atoms with van der Waals surface area (Å²) < 4.78 is 4.84. The van der Waals surface area contributed by atoms with Crippen molar-refractivity contribution in [2.75, 3.05) is 19.7 Å². The molecule has 1 aromatic rings. The van der Waals surface area contributed by atoms with Gasteiger partial charge in [-0.05, 0) is 37.5 Å². The van der Waals surface area contributed by atoms with Crippen molar-refractivity contribution in [1.82, 2.24) is 10.2 Å². The highest BCUT2D eigenvalue weighted by molar-refractivity contribution is 5.94. The molecule has 6 nitrogen and oxygen atoms in total. The summed E-state index contributed by atoms with van der Waals surface area (Å²) in [6, 6.07) is 7.30. The first kappa shape index (κ1) is 18.0. The molecule has 0 aromatic heterocycles. The number of esters is 1. The first-order chi connectivity index (χ1) is 11.6. The van der Waals surface area contributed by atoms with Gasteiger partial charge >= 0.3 is 5.97 Å².